The quantitative estimate of drug-likeness (QED) is 0.736. The van der Waals surface area contributed by atoms with Crippen LogP contribution in [0.1, 0.15) is 36.5 Å². The number of aromatic nitrogens is 2. The third-order valence-electron chi connectivity index (χ3n) is 6.01. The average Bonchev–Trinajstić information content (AvgIpc) is 3.26. The fourth-order valence-electron chi connectivity index (χ4n) is 4.47. The molecule has 1 saturated heterocycles. The average molecular weight is 347 g/mol. The maximum Gasteiger partial charge on any atom is 0.137 e. The molecule has 0 spiro atoms. The molecule has 1 aromatic carbocycles. The zero-order valence-corrected chi connectivity index (χ0v) is 15.5. The summed E-state index contributed by atoms with van der Waals surface area (Å²) in [4.78, 5) is 10.5. The number of pyridine rings is 1. The molecule has 2 aliphatic heterocycles. The molecular weight excluding hydrogens is 322 g/mol. The Morgan fingerprint density at radius 2 is 2.15 bits per heavy atom. The van der Waals surface area contributed by atoms with Crippen molar-refractivity contribution in [1.82, 2.24) is 9.97 Å². The molecule has 4 nitrogen and oxygen atoms in total. The van der Waals surface area contributed by atoms with Gasteiger partial charge in [0.05, 0.1) is 13.2 Å². The summed E-state index contributed by atoms with van der Waals surface area (Å²) in [5.74, 6) is 0. The van der Waals surface area contributed by atoms with E-state index < -0.39 is 0 Å². The lowest BCUT2D eigenvalue weighted by Crippen LogP contribution is -2.28. The first-order valence-electron chi connectivity index (χ1n) is 9.65. The number of nitrogens with zero attached hydrogens (tertiary/aromatic N) is 2. The molecule has 134 valence electrons. The van der Waals surface area contributed by atoms with Crippen LogP contribution in [0.25, 0.3) is 22.2 Å². The molecule has 4 heteroatoms. The van der Waals surface area contributed by atoms with Gasteiger partial charge < -0.3 is 14.6 Å². The number of fused-ring (bicyclic) bond motifs is 2. The third kappa shape index (κ3) is 2.52. The van der Waals surface area contributed by atoms with E-state index in [0.29, 0.717) is 6.04 Å². The Labute approximate surface area is 154 Å². The first kappa shape index (κ1) is 15.9. The topological polar surface area (TPSA) is 41.2 Å². The molecule has 0 aliphatic carbocycles. The number of benzene rings is 1. The minimum atomic E-state index is 0.601. The van der Waals surface area contributed by atoms with Crippen molar-refractivity contribution < 1.29 is 4.74 Å². The van der Waals surface area contributed by atoms with Gasteiger partial charge in [-0.15, -0.1) is 0 Å². The molecule has 1 fully saturated rings. The standard InChI is InChI=1S/C22H25N3O/c1-14-11-23-22-19(14)9-18(12-24-22)17-8-16-5-7-26-13-20(16)21(10-17)25-6-3-4-15(25)2/h8-12,15H,3-7,13H2,1-2H3,(H,23,24)/t15-/m0/s1. The largest absolute Gasteiger partial charge is 0.376 e. The first-order valence-corrected chi connectivity index (χ1v) is 9.65. The van der Waals surface area contributed by atoms with Crippen LogP contribution < -0.4 is 4.90 Å². The fraction of sp³-hybridized carbons (Fsp3) is 0.409. The Morgan fingerprint density at radius 3 is 3.00 bits per heavy atom. The van der Waals surface area contributed by atoms with E-state index in [1.165, 1.54) is 51.7 Å². The number of hydrogen-bond donors (Lipinski definition) is 1. The van der Waals surface area contributed by atoms with E-state index in [1.807, 2.05) is 12.4 Å². The lowest BCUT2D eigenvalue weighted by Gasteiger charge is -2.30. The van der Waals surface area contributed by atoms with Crippen LogP contribution in [0.5, 0.6) is 0 Å². The smallest absolute Gasteiger partial charge is 0.137 e. The highest BCUT2D eigenvalue weighted by atomic mass is 16.5. The predicted octanol–water partition coefficient (Wildman–Crippen LogP) is 4.60. The summed E-state index contributed by atoms with van der Waals surface area (Å²) in [5, 5.41) is 1.21. The number of aryl methyl sites for hydroxylation is 1. The van der Waals surface area contributed by atoms with E-state index in [1.54, 1.807) is 0 Å². The summed E-state index contributed by atoms with van der Waals surface area (Å²) in [7, 11) is 0. The van der Waals surface area contributed by atoms with Gasteiger partial charge in [0.2, 0.25) is 0 Å². The minimum Gasteiger partial charge on any atom is -0.376 e. The Hall–Kier alpha value is -2.33. The van der Waals surface area contributed by atoms with E-state index in [-0.39, 0.29) is 0 Å². The molecule has 26 heavy (non-hydrogen) atoms. The van der Waals surface area contributed by atoms with Crippen LogP contribution >= 0.6 is 0 Å². The van der Waals surface area contributed by atoms with Gasteiger partial charge in [0, 0.05) is 47.2 Å². The molecule has 0 saturated carbocycles. The molecule has 1 atom stereocenters. The number of hydrogen-bond acceptors (Lipinski definition) is 3. The van der Waals surface area contributed by atoms with E-state index in [0.717, 1.165) is 31.8 Å². The predicted molar refractivity (Wildman–Crippen MR) is 106 cm³/mol. The van der Waals surface area contributed by atoms with Crippen LogP contribution in [0.3, 0.4) is 0 Å². The first-order chi connectivity index (χ1) is 12.7. The normalized spacial score (nSPS) is 19.9. The van der Waals surface area contributed by atoms with Gasteiger partial charge in [-0.2, -0.15) is 0 Å². The molecule has 0 amide bonds. The van der Waals surface area contributed by atoms with Crippen molar-refractivity contribution in [3.8, 4) is 11.1 Å². The van der Waals surface area contributed by atoms with Gasteiger partial charge in [-0.05, 0) is 61.9 Å². The number of ether oxygens (including phenoxy) is 1. The van der Waals surface area contributed by atoms with Crippen molar-refractivity contribution in [2.45, 2.75) is 45.8 Å². The van der Waals surface area contributed by atoms with Crippen molar-refractivity contribution in [3.05, 3.63) is 47.3 Å². The Bertz CT molecular complexity index is 975. The second kappa shape index (κ2) is 6.13. The molecule has 1 N–H and O–H groups in total. The highest BCUT2D eigenvalue weighted by Gasteiger charge is 2.26. The molecule has 0 bridgehead atoms. The van der Waals surface area contributed by atoms with Gasteiger partial charge in [-0.3, -0.25) is 0 Å². The summed E-state index contributed by atoms with van der Waals surface area (Å²) in [6.45, 7) is 7.17. The van der Waals surface area contributed by atoms with Crippen LogP contribution in [0, 0.1) is 6.92 Å². The Kier molecular flexibility index (Phi) is 3.75. The molecule has 0 unspecified atom stereocenters. The molecule has 2 aromatic heterocycles. The van der Waals surface area contributed by atoms with Gasteiger partial charge in [0.1, 0.15) is 5.65 Å². The zero-order chi connectivity index (χ0) is 17.7. The second-order valence-corrected chi connectivity index (χ2v) is 7.71. The summed E-state index contributed by atoms with van der Waals surface area (Å²) in [6.07, 6.45) is 7.57. The lowest BCUT2D eigenvalue weighted by molar-refractivity contribution is 0.111. The SMILES string of the molecule is Cc1c[nH]c2ncc(-c3cc4c(c(N5CCC[C@@H]5C)c3)COCC4)cc12. The maximum absolute atomic E-state index is 5.80. The van der Waals surface area contributed by atoms with E-state index in [9.17, 15) is 0 Å². The monoisotopic (exact) mass is 347 g/mol. The Morgan fingerprint density at radius 1 is 1.23 bits per heavy atom. The molecule has 0 radical (unpaired) electrons. The Balaban J connectivity index is 1.67. The van der Waals surface area contributed by atoms with Crippen LogP contribution in [0.4, 0.5) is 5.69 Å². The number of rotatable bonds is 2. The summed E-state index contributed by atoms with van der Waals surface area (Å²) < 4.78 is 5.80. The molecule has 2 aliphatic rings. The van der Waals surface area contributed by atoms with E-state index in [2.05, 4.69) is 46.9 Å². The van der Waals surface area contributed by atoms with Crippen molar-refractivity contribution in [2.75, 3.05) is 18.1 Å². The molecule has 5 rings (SSSR count). The third-order valence-corrected chi connectivity index (χ3v) is 6.01. The van der Waals surface area contributed by atoms with Crippen LogP contribution in [-0.2, 0) is 17.8 Å². The number of aromatic amines is 1. The molecular formula is C22H25N3O. The zero-order valence-electron chi connectivity index (χ0n) is 15.5. The minimum absolute atomic E-state index is 0.601. The second-order valence-electron chi connectivity index (χ2n) is 7.71. The van der Waals surface area contributed by atoms with Crippen LogP contribution in [0.2, 0.25) is 0 Å². The highest BCUT2D eigenvalue weighted by Crippen LogP contribution is 2.37. The van der Waals surface area contributed by atoms with Crippen molar-refractivity contribution in [2.24, 2.45) is 0 Å². The number of nitrogens with one attached hydrogen (secondary N) is 1. The van der Waals surface area contributed by atoms with Crippen molar-refractivity contribution in [1.29, 1.82) is 0 Å². The number of H-pyrrole nitrogens is 1. The van der Waals surface area contributed by atoms with Crippen LogP contribution in [0.15, 0.2) is 30.6 Å². The maximum atomic E-state index is 5.80. The molecule has 4 heterocycles. The van der Waals surface area contributed by atoms with Gasteiger partial charge in [-0.25, -0.2) is 4.98 Å². The summed E-state index contributed by atoms with van der Waals surface area (Å²) >= 11 is 0. The van der Waals surface area contributed by atoms with E-state index >= 15 is 0 Å². The fourth-order valence-corrected chi connectivity index (χ4v) is 4.47. The summed E-state index contributed by atoms with van der Waals surface area (Å²) in [5.41, 5.74) is 8.87. The molecule has 3 aromatic rings. The van der Waals surface area contributed by atoms with Gasteiger partial charge >= 0.3 is 0 Å². The van der Waals surface area contributed by atoms with Gasteiger partial charge in [-0.1, -0.05) is 6.07 Å². The number of anilines is 1. The van der Waals surface area contributed by atoms with Gasteiger partial charge in [0.25, 0.3) is 0 Å². The van der Waals surface area contributed by atoms with E-state index in [4.69, 9.17) is 4.74 Å². The summed E-state index contributed by atoms with van der Waals surface area (Å²) in [6, 6.07) is 7.59. The van der Waals surface area contributed by atoms with Crippen molar-refractivity contribution >= 4 is 16.7 Å². The van der Waals surface area contributed by atoms with Gasteiger partial charge in [0.15, 0.2) is 0 Å². The van der Waals surface area contributed by atoms with Crippen molar-refractivity contribution in [3.63, 3.8) is 0 Å². The highest BCUT2D eigenvalue weighted by molar-refractivity contribution is 5.85. The van der Waals surface area contributed by atoms with Crippen LogP contribution in [-0.4, -0.2) is 29.2 Å². The lowest BCUT2D eigenvalue weighted by atomic mass is 9.94.